The minimum Gasteiger partial charge on any atom is -0.480 e. The molecule has 1 saturated carbocycles. The van der Waals surface area contributed by atoms with E-state index in [9.17, 15) is 39.0 Å². The number of carbonyl (C=O) groups excluding carboxylic acids is 6. The van der Waals surface area contributed by atoms with Crippen molar-refractivity contribution in [3.8, 4) is 0 Å². The second-order valence-corrected chi connectivity index (χ2v) is 13.2. The third-order valence-electron chi connectivity index (χ3n) is 8.82. The molecule has 0 unspecified atom stereocenters. The molecule has 0 radical (unpaired) electrons. The van der Waals surface area contributed by atoms with Crippen molar-refractivity contribution in [1.29, 1.82) is 0 Å². The molecule has 5 rings (SSSR count). The zero-order chi connectivity index (χ0) is 39.3. The molecule has 0 amide bonds. The largest absolute Gasteiger partial charge is 0.480 e. The Bertz CT molecular complexity index is 1680. The molecule has 3 fully saturated rings. The Morgan fingerprint density at radius 3 is 1.11 bits per heavy atom. The van der Waals surface area contributed by atoms with E-state index in [-0.39, 0.29) is 48.0 Å². The van der Waals surface area contributed by atoms with E-state index in [2.05, 4.69) is 0 Å². The Labute approximate surface area is 309 Å². The quantitative estimate of drug-likeness (QED) is 0.0992. The van der Waals surface area contributed by atoms with Crippen molar-refractivity contribution < 1.29 is 76.9 Å². The molecule has 5 aliphatic rings. The number of cyclic esters (lactones) is 4. The van der Waals surface area contributed by atoms with Gasteiger partial charge in [0.2, 0.25) is 0 Å². The smallest absolute Gasteiger partial charge is 0.348 e. The number of hydrogen-bond acceptors (Lipinski definition) is 16. The molecule has 0 bridgehead atoms. The van der Waals surface area contributed by atoms with Gasteiger partial charge in [-0.05, 0) is 37.1 Å². The summed E-state index contributed by atoms with van der Waals surface area (Å²) >= 11 is 0. The summed E-state index contributed by atoms with van der Waals surface area (Å²) in [6.45, 7) is 6.72. The van der Waals surface area contributed by atoms with E-state index in [1.165, 1.54) is 74.6 Å². The van der Waals surface area contributed by atoms with Gasteiger partial charge in [-0.2, -0.15) is 0 Å². The van der Waals surface area contributed by atoms with Crippen LogP contribution in [-0.4, -0.2) is 69.2 Å². The standard InChI is InChI=1S/C38H40O16/c1-5-17-35(3)47-27(39)23(28(40)48-35)13-9-7-11-15-25-31(43)51-37(52-32(25)44)19-21-38(22-20-37)53-33(45)26(34(46)54-38)16-12-8-10-14-24-29(41)49-36(4,18-6-2)50-30(24)42/h7-16,43,45H,5-6,17-22H2,1-4H3/b9-7+,10-8+,15-11+,16-12+,23-13?,24-14?. The van der Waals surface area contributed by atoms with Crippen LogP contribution in [0.4, 0.5) is 0 Å². The normalized spacial score (nSPS) is 30.4. The van der Waals surface area contributed by atoms with E-state index < -0.39 is 70.9 Å². The first-order valence-electron chi connectivity index (χ1n) is 17.3. The second kappa shape index (κ2) is 15.5. The van der Waals surface area contributed by atoms with Gasteiger partial charge in [-0.25, -0.2) is 28.8 Å². The monoisotopic (exact) mass is 752 g/mol. The van der Waals surface area contributed by atoms with Gasteiger partial charge < -0.3 is 48.1 Å². The van der Waals surface area contributed by atoms with Crippen molar-refractivity contribution in [2.24, 2.45) is 0 Å². The lowest BCUT2D eigenvalue weighted by Gasteiger charge is -2.46. The van der Waals surface area contributed by atoms with Gasteiger partial charge >= 0.3 is 35.8 Å². The summed E-state index contributed by atoms with van der Waals surface area (Å²) in [6.07, 6.45) is 14.6. The molecule has 0 aromatic rings. The third kappa shape index (κ3) is 8.59. The van der Waals surface area contributed by atoms with Crippen LogP contribution in [0.3, 0.4) is 0 Å². The molecule has 2 spiro atoms. The number of ether oxygens (including phenoxy) is 8. The lowest BCUT2D eigenvalue weighted by molar-refractivity contribution is -0.302. The van der Waals surface area contributed by atoms with Crippen LogP contribution in [0.5, 0.6) is 0 Å². The topological polar surface area (TPSA) is 217 Å². The van der Waals surface area contributed by atoms with Gasteiger partial charge in [0.15, 0.2) is 0 Å². The van der Waals surface area contributed by atoms with Gasteiger partial charge in [0.25, 0.3) is 35.0 Å². The van der Waals surface area contributed by atoms with Crippen molar-refractivity contribution in [2.45, 2.75) is 102 Å². The van der Waals surface area contributed by atoms with Gasteiger partial charge in [0.05, 0.1) is 0 Å². The molecular weight excluding hydrogens is 712 g/mol. The Morgan fingerprint density at radius 1 is 0.481 bits per heavy atom. The van der Waals surface area contributed by atoms with Gasteiger partial charge in [0, 0.05) is 52.4 Å². The highest BCUT2D eigenvalue weighted by Gasteiger charge is 2.55. The molecule has 16 heteroatoms. The van der Waals surface area contributed by atoms with Crippen LogP contribution >= 0.6 is 0 Å². The van der Waals surface area contributed by atoms with Crippen molar-refractivity contribution in [1.82, 2.24) is 0 Å². The van der Waals surface area contributed by atoms with Gasteiger partial charge in [-0.3, -0.25) is 0 Å². The number of aliphatic hydroxyl groups excluding tert-OH is 2. The summed E-state index contributed by atoms with van der Waals surface area (Å²) in [6, 6.07) is 0. The zero-order valence-corrected chi connectivity index (χ0v) is 30.0. The average Bonchev–Trinajstić information content (AvgIpc) is 3.06. The number of hydrogen-bond donors (Lipinski definition) is 2. The SMILES string of the molecule is CCCC1(C)OC(=O)C(=C/C=C/C=C/C2=C(O)OC3(CCC4(CC3)OC(=O)C(/C=C/C=C/C=C3C(=O)OC(C)(CCC)OC3=O)=C(O)O4)OC2=O)C(=O)O1. The maximum absolute atomic E-state index is 12.9. The van der Waals surface area contributed by atoms with Crippen molar-refractivity contribution >= 4 is 35.8 Å². The fourth-order valence-electron chi connectivity index (χ4n) is 6.16. The molecule has 54 heavy (non-hydrogen) atoms. The molecule has 4 aliphatic heterocycles. The van der Waals surface area contributed by atoms with E-state index in [1.54, 1.807) is 0 Å². The minimum absolute atomic E-state index is 0.0810. The Balaban J connectivity index is 1.15. The summed E-state index contributed by atoms with van der Waals surface area (Å²) in [5, 5.41) is 21.2. The first-order chi connectivity index (χ1) is 25.5. The summed E-state index contributed by atoms with van der Waals surface area (Å²) < 4.78 is 43.3. The highest BCUT2D eigenvalue weighted by atomic mass is 16.8. The maximum Gasteiger partial charge on any atom is 0.348 e. The van der Waals surface area contributed by atoms with Crippen LogP contribution in [0.15, 0.2) is 94.9 Å². The molecule has 2 saturated heterocycles. The number of aliphatic hydroxyl groups is 2. The molecule has 4 heterocycles. The van der Waals surface area contributed by atoms with Crippen LogP contribution in [-0.2, 0) is 66.7 Å². The summed E-state index contributed by atoms with van der Waals surface area (Å²) in [7, 11) is 0. The third-order valence-corrected chi connectivity index (χ3v) is 8.82. The molecule has 1 aliphatic carbocycles. The molecule has 16 nitrogen and oxygen atoms in total. The van der Waals surface area contributed by atoms with E-state index in [4.69, 9.17) is 37.9 Å². The second-order valence-electron chi connectivity index (χ2n) is 13.2. The average molecular weight is 753 g/mol. The number of allylic oxidation sites excluding steroid dienone is 8. The summed E-state index contributed by atoms with van der Waals surface area (Å²) in [4.78, 5) is 74.9. The van der Waals surface area contributed by atoms with Crippen LogP contribution < -0.4 is 0 Å². The van der Waals surface area contributed by atoms with Gasteiger partial charge in [-0.15, -0.1) is 0 Å². The van der Waals surface area contributed by atoms with Gasteiger partial charge in [-0.1, -0.05) is 50.3 Å². The highest BCUT2D eigenvalue weighted by molar-refractivity contribution is 6.16. The first-order valence-corrected chi connectivity index (χ1v) is 17.3. The fourth-order valence-corrected chi connectivity index (χ4v) is 6.16. The number of rotatable bonds is 10. The van der Waals surface area contributed by atoms with Crippen LogP contribution in [0.1, 0.15) is 79.1 Å². The summed E-state index contributed by atoms with van der Waals surface area (Å²) in [5.74, 6) is -12.4. The van der Waals surface area contributed by atoms with E-state index >= 15 is 0 Å². The molecular formula is C38H40O16. The van der Waals surface area contributed by atoms with Crippen molar-refractivity contribution in [2.75, 3.05) is 0 Å². The van der Waals surface area contributed by atoms with Crippen LogP contribution in [0.25, 0.3) is 0 Å². The molecule has 2 N–H and O–H groups in total. The van der Waals surface area contributed by atoms with E-state index in [0.717, 1.165) is 0 Å². The fraction of sp³-hybridized carbons (Fsp3) is 0.421. The molecule has 0 aromatic carbocycles. The lowest BCUT2D eigenvalue weighted by atomic mass is 9.87. The molecule has 0 atom stereocenters. The van der Waals surface area contributed by atoms with E-state index in [0.29, 0.717) is 25.7 Å². The minimum atomic E-state index is -1.60. The maximum atomic E-state index is 12.9. The zero-order valence-electron chi connectivity index (χ0n) is 30.0. The Morgan fingerprint density at radius 2 is 0.815 bits per heavy atom. The Kier molecular flexibility index (Phi) is 11.2. The highest BCUT2D eigenvalue weighted by Crippen LogP contribution is 2.46. The predicted octanol–water partition coefficient (Wildman–Crippen LogP) is 4.95. The predicted molar refractivity (Wildman–Crippen MR) is 181 cm³/mol. The van der Waals surface area contributed by atoms with Crippen LogP contribution in [0, 0.1) is 0 Å². The van der Waals surface area contributed by atoms with Crippen molar-refractivity contribution in [3.05, 3.63) is 94.9 Å². The summed E-state index contributed by atoms with van der Waals surface area (Å²) in [5.41, 5.74) is -1.23. The number of esters is 6. The van der Waals surface area contributed by atoms with Gasteiger partial charge in [0.1, 0.15) is 22.3 Å². The van der Waals surface area contributed by atoms with E-state index in [1.807, 2.05) is 13.8 Å². The van der Waals surface area contributed by atoms with Crippen LogP contribution in [0.2, 0.25) is 0 Å². The first kappa shape index (κ1) is 39.2. The Hall–Kier alpha value is -6.06. The molecule has 288 valence electrons. The van der Waals surface area contributed by atoms with Crippen molar-refractivity contribution in [3.63, 3.8) is 0 Å². The lowest BCUT2D eigenvalue weighted by Crippen LogP contribution is -2.53. The molecule has 0 aromatic heterocycles. The number of carbonyl (C=O) groups is 6.